The minimum absolute atomic E-state index is 0.272. The number of rotatable bonds is 9. The third kappa shape index (κ3) is 5.44. The summed E-state index contributed by atoms with van der Waals surface area (Å²) in [4.78, 5) is 24.1. The standard InChI is InChI=1S/C13H23NO6/c1-19-6-2-7-20-8-5-14-4-3-10(12(15)16)11(9-14)13(17)18/h10-11H,2-9H2,1H3,(H,15,16)(H,17,18). The summed E-state index contributed by atoms with van der Waals surface area (Å²) in [5, 5.41) is 18.1. The molecule has 2 atom stereocenters. The molecule has 1 rings (SSSR count). The predicted octanol–water partition coefficient (Wildman–Crippen LogP) is 0.147. The van der Waals surface area contributed by atoms with Gasteiger partial charge in [-0.25, -0.2) is 0 Å². The van der Waals surface area contributed by atoms with Gasteiger partial charge >= 0.3 is 11.9 Å². The van der Waals surface area contributed by atoms with Gasteiger partial charge in [-0.2, -0.15) is 0 Å². The summed E-state index contributed by atoms with van der Waals surface area (Å²) in [5.74, 6) is -3.68. The Kier molecular flexibility index (Phi) is 7.50. The molecule has 0 saturated carbocycles. The summed E-state index contributed by atoms with van der Waals surface area (Å²) in [6, 6.07) is 0. The number of methoxy groups -OCH3 is 1. The fourth-order valence-corrected chi connectivity index (χ4v) is 2.37. The zero-order valence-electron chi connectivity index (χ0n) is 11.8. The van der Waals surface area contributed by atoms with E-state index in [0.29, 0.717) is 39.3 Å². The van der Waals surface area contributed by atoms with Crippen molar-refractivity contribution in [3.63, 3.8) is 0 Å². The average Bonchev–Trinajstić information content (AvgIpc) is 2.42. The van der Waals surface area contributed by atoms with Crippen molar-refractivity contribution in [1.29, 1.82) is 0 Å². The van der Waals surface area contributed by atoms with Crippen LogP contribution in [0.15, 0.2) is 0 Å². The molecule has 0 spiro atoms. The highest BCUT2D eigenvalue weighted by Gasteiger charge is 2.38. The normalized spacial score (nSPS) is 23.6. The van der Waals surface area contributed by atoms with E-state index in [2.05, 4.69) is 0 Å². The first-order valence-electron chi connectivity index (χ1n) is 6.81. The maximum Gasteiger partial charge on any atom is 0.308 e. The lowest BCUT2D eigenvalue weighted by molar-refractivity contribution is -0.157. The molecule has 1 heterocycles. The van der Waals surface area contributed by atoms with E-state index in [-0.39, 0.29) is 6.54 Å². The molecule has 20 heavy (non-hydrogen) atoms. The number of nitrogens with zero attached hydrogens (tertiary/aromatic N) is 1. The van der Waals surface area contributed by atoms with Crippen molar-refractivity contribution in [3.05, 3.63) is 0 Å². The minimum Gasteiger partial charge on any atom is -0.481 e. The first-order valence-corrected chi connectivity index (χ1v) is 6.81. The van der Waals surface area contributed by atoms with Crippen LogP contribution in [0.5, 0.6) is 0 Å². The van der Waals surface area contributed by atoms with Crippen molar-refractivity contribution in [1.82, 2.24) is 4.90 Å². The lowest BCUT2D eigenvalue weighted by atomic mass is 9.85. The van der Waals surface area contributed by atoms with Crippen LogP contribution in [0, 0.1) is 11.8 Å². The first kappa shape index (κ1) is 16.9. The maximum atomic E-state index is 11.1. The number of hydrogen-bond acceptors (Lipinski definition) is 5. The van der Waals surface area contributed by atoms with Crippen LogP contribution >= 0.6 is 0 Å². The van der Waals surface area contributed by atoms with Gasteiger partial charge in [0, 0.05) is 33.4 Å². The van der Waals surface area contributed by atoms with Gasteiger partial charge in [-0.05, 0) is 19.4 Å². The van der Waals surface area contributed by atoms with Gasteiger partial charge in [-0.15, -0.1) is 0 Å². The molecule has 1 aliphatic rings. The molecular formula is C13H23NO6. The van der Waals surface area contributed by atoms with Gasteiger partial charge in [-0.3, -0.25) is 9.59 Å². The monoisotopic (exact) mass is 289 g/mol. The van der Waals surface area contributed by atoms with Crippen LogP contribution in [0.25, 0.3) is 0 Å². The van der Waals surface area contributed by atoms with Gasteiger partial charge in [0.15, 0.2) is 0 Å². The molecule has 0 bridgehead atoms. The van der Waals surface area contributed by atoms with E-state index < -0.39 is 23.8 Å². The van der Waals surface area contributed by atoms with Gasteiger partial charge < -0.3 is 24.6 Å². The number of ether oxygens (including phenoxy) is 2. The molecule has 2 unspecified atom stereocenters. The van der Waals surface area contributed by atoms with Crippen molar-refractivity contribution in [2.75, 3.05) is 46.6 Å². The van der Waals surface area contributed by atoms with E-state index >= 15 is 0 Å². The van der Waals surface area contributed by atoms with Crippen LogP contribution in [0.4, 0.5) is 0 Å². The first-order chi connectivity index (χ1) is 9.56. The number of carboxylic acid groups (broad SMARTS) is 2. The largest absolute Gasteiger partial charge is 0.481 e. The minimum atomic E-state index is -1.04. The molecule has 0 aromatic carbocycles. The molecule has 1 fully saturated rings. The Hall–Kier alpha value is -1.18. The van der Waals surface area contributed by atoms with Gasteiger partial charge in [0.2, 0.25) is 0 Å². The summed E-state index contributed by atoms with van der Waals surface area (Å²) >= 11 is 0. The zero-order chi connectivity index (χ0) is 15.0. The smallest absolute Gasteiger partial charge is 0.308 e. The fraction of sp³-hybridized carbons (Fsp3) is 0.846. The molecule has 0 radical (unpaired) electrons. The van der Waals surface area contributed by atoms with Crippen LogP contribution in [-0.2, 0) is 19.1 Å². The number of likely N-dealkylation sites (tertiary alicyclic amines) is 1. The molecule has 1 aliphatic heterocycles. The topological polar surface area (TPSA) is 96.3 Å². The highest BCUT2D eigenvalue weighted by molar-refractivity contribution is 5.80. The van der Waals surface area contributed by atoms with E-state index in [0.717, 1.165) is 6.42 Å². The Morgan fingerprint density at radius 1 is 1.15 bits per heavy atom. The Labute approximate surface area is 118 Å². The van der Waals surface area contributed by atoms with Crippen molar-refractivity contribution in [2.45, 2.75) is 12.8 Å². The van der Waals surface area contributed by atoms with Crippen molar-refractivity contribution >= 4 is 11.9 Å². The highest BCUT2D eigenvalue weighted by Crippen LogP contribution is 2.24. The van der Waals surface area contributed by atoms with E-state index in [4.69, 9.17) is 19.7 Å². The third-order valence-corrected chi connectivity index (χ3v) is 3.52. The van der Waals surface area contributed by atoms with Gasteiger partial charge in [0.05, 0.1) is 18.4 Å². The van der Waals surface area contributed by atoms with Crippen molar-refractivity contribution < 1.29 is 29.3 Å². The molecule has 0 amide bonds. The van der Waals surface area contributed by atoms with Crippen LogP contribution in [0.2, 0.25) is 0 Å². The SMILES string of the molecule is COCCCOCCN1CCC(C(=O)O)C(C(=O)O)C1. The summed E-state index contributed by atoms with van der Waals surface area (Å²) in [7, 11) is 1.64. The third-order valence-electron chi connectivity index (χ3n) is 3.52. The van der Waals surface area contributed by atoms with Crippen LogP contribution in [-0.4, -0.2) is 73.6 Å². The lowest BCUT2D eigenvalue weighted by Crippen LogP contribution is -2.47. The molecule has 0 aromatic rings. The predicted molar refractivity (Wildman–Crippen MR) is 70.6 cm³/mol. The summed E-state index contributed by atoms with van der Waals surface area (Å²) in [6.07, 6.45) is 1.20. The van der Waals surface area contributed by atoms with Crippen LogP contribution in [0.3, 0.4) is 0 Å². The molecular weight excluding hydrogens is 266 g/mol. The number of carboxylic acids is 2. The molecule has 0 aliphatic carbocycles. The summed E-state index contributed by atoms with van der Waals surface area (Å²) < 4.78 is 10.3. The lowest BCUT2D eigenvalue weighted by Gasteiger charge is -2.34. The molecule has 7 nitrogen and oxygen atoms in total. The Morgan fingerprint density at radius 2 is 1.85 bits per heavy atom. The zero-order valence-corrected chi connectivity index (χ0v) is 11.8. The van der Waals surface area contributed by atoms with Crippen molar-refractivity contribution in [3.8, 4) is 0 Å². The number of hydrogen-bond donors (Lipinski definition) is 2. The highest BCUT2D eigenvalue weighted by atomic mass is 16.5. The van der Waals surface area contributed by atoms with E-state index in [1.54, 1.807) is 7.11 Å². The van der Waals surface area contributed by atoms with Gasteiger partial charge in [0.25, 0.3) is 0 Å². The maximum absolute atomic E-state index is 11.1. The van der Waals surface area contributed by atoms with E-state index in [1.165, 1.54) is 0 Å². The molecule has 1 saturated heterocycles. The quantitative estimate of drug-likeness (QED) is 0.583. The van der Waals surface area contributed by atoms with E-state index in [9.17, 15) is 9.59 Å². The van der Waals surface area contributed by atoms with Crippen LogP contribution in [0.1, 0.15) is 12.8 Å². The van der Waals surface area contributed by atoms with Crippen molar-refractivity contribution in [2.24, 2.45) is 11.8 Å². The Morgan fingerprint density at radius 3 is 2.45 bits per heavy atom. The van der Waals surface area contributed by atoms with Gasteiger partial charge in [0.1, 0.15) is 0 Å². The molecule has 116 valence electrons. The molecule has 2 N–H and O–H groups in total. The summed E-state index contributed by atoms with van der Waals surface area (Å²) in [6.45, 7) is 3.29. The molecule has 7 heteroatoms. The number of piperidine rings is 1. The second kappa shape index (κ2) is 8.89. The second-order valence-electron chi connectivity index (χ2n) is 4.94. The average molecular weight is 289 g/mol. The number of aliphatic carboxylic acids is 2. The Bertz CT molecular complexity index is 322. The summed E-state index contributed by atoms with van der Waals surface area (Å²) in [5.41, 5.74) is 0. The molecule has 0 aromatic heterocycles. The Balaban J connectivity index is 2.28. The fourth-order valence-electron chi connectivity index (χ4n) is 2.37. The number of carbonyl (C=O) groups is 2. The van der Waals surface area contributed by atoms with E-state index in [1.807, 2.05) is 4.90 Å². The van der Waals surface area contributed by atoms with Gasteiger partial charge in [-0.1, -0.05) is 0 Å². The second-order valence-corrected chi connectivity index (χ2v) is 4.94. The van der Waals surface area contributed by atoms with Crippen LogP contribution < -0.4 is 0 Å².